The first-order valence-corrected chi connectivity index (χ1v) is 8.21. The van der Waals surface area contributed by atoms with Crippen LogP contribution in [0.15, 0.2) is 91.4 Å². The molecule has 0 aliphatic carbocycles. The number of pyridine rings is 1. The van der Waals surface area contributed by atoms with Crippen molar-refractivity contribution in [1.29, 1.82) is 0 Å². The maximum atomic E-state index is 5.95. The summed E-state index contributed by atoms with van der Waals surface area (Å²) >= 11 is 0. The Morgan fingerprint density at radius 3 is 2.19 bits per heavy atom. The molecule has 126 valence electrons. The molecule has 0 bridgehead atoms. The molecule has 4 aromatic rings. The van der Waals surface area contributed by atoms with Gasteiger partial charge in [0, 0.05) is 29.8 Å². The molecular weight excluding hydrogens is 324 g/mol. The van der Waals surface area contributed by atoms with Crippen LogP contribution >= 0.6 is 0 Å². The minimum atomic E-state index is 0.476. The van der Waals surface area contributed by atoms with Gasteiger partial charge in [0.25, 0.3) is 0 Å². The van der Waals surface area contributed by atoms with E-state index in [1.807, 2.05) is 72.8 Å². The number of anilines is 2. The molecule has 2 heterocycles. The Labute approximate surface area is 151 Å². The van der Waals surface area contributed by atoms with Crippen molar-refractivity contribution in [2.75, 3.05) is 5.32 Å². The number of hydrogen-bond acceptors (Lipinski definition) is 5. The molecule has 0 fully saturated rings. The van der Waals surface area contributed by atoms with Crippen LogP contribution in [0.5, 0.6) is 11.6 Å². The average molecular weight is 340 g/mol. The Hall–Kier alpha value is -3.73. The molecule has 5 heteroatoms. The van der Waals surface area contributed by atoms with Crippen molar-refractivity contribution in [3.8, 4) is 22.9 Å². The van der Waals surface area contributed by atoms with E-state index in [1.54, 1.807) is 18.6 Å². The van der Waals surface area contributed by atoms with E-state index in [0.29, 0.717) is 17.3 Å². The average Bonchev–Trinajstić information content (AvgIpc) is 2.71. The van der Waals surface area contributed by atoms with E-state index in [4.69, 9.17) is 4.74 Å². The van der Waals surface area contributed by atoms with E-state index in [-0.39, 0.29) is 0 Å². The third kappa shape index (κ3) is 3.67. The number of rotatable bonds is 5. The summed E-state index contributed by atoms with van der Waals surface area (Å²) in [4.78, 5) is 13.0. The van der Waals surface area contributed by atoms with Crippen LogP contribution in [0.4, 0.5) is 11.5 Å². The van der Waals surface area contributed by atoms with Gasteiger partial charge in [-0.15, -0.1) is 0 Å². The van der Waals surface area contributed by atoms with Crippen molar-refractivity contribution >= 4 is 11.5 Å². The monoisotopic (exact) mass is 340 g/mol. The first kappa shape index (κ1) is 15.8. The van der Waals surface area contributed by atoms with Gasteiger partial charge in [0.05, 0.1) is 0 Å². The summed E-state index contributed by atoms with van der Waals surface area (Å²) in [5.74, 6) is 1.96. The molecule has 2 aromatic carbocycles. The van der Waals surface area contributed by atoms with E-state index >= 15 is 0 Å². The van der Waals surface area contributed by atoms with Gasteiger partial charge in [0.2, 0.25) is 5.88 Å². The molecule has 5 nitrogen and oxygen atoms in total. The van der Waals surface area contributed by atoms with Crippen LogP contribution in [-0.4, -0.2) is 15.0 Å². The second-order valence-corrected chi connectivity index (χ2v) is 5.54. The van der Waals surface area contributed by atoms with Gasteiger partial charge in [-0.2, -0.15) is 0 Å². The second kappa shape index (κ2) is 7.44. The third-order valence-electron chi connectivity index (χ3n) is 3.72. The molecule has 0 saturated carbocycles. The summed E-state index contributed by atoms with van der Waals surface area (Å²) in [5.41, 5.74) is 2.60. The minimum Gasteiger partial charge on any atom is -0.437 e. The standard InChI is InChI=1S/C21H16N4O/c1-2-6-16(7-3-1)20-21(24-15-14-23-20)26-18-11-9-17(10-12-18)25-19-8-4-5-13-22-19/h1-15H,(H,22,25). The van der Waals surface area contributed by atoms with E-state index < -0.39 is 0 Å². The third-order valence-corrected chi connectivity index (χ3v) is 3.72. The number of aromatic nitrogens is 3. The minimum absolute atomic E-state index is 0.476. The fourth-order valence-electron chi connectivity index (χ4n) is 2.50. The Balaban J connectivity index is 1.53. The lowest BCUT2D eigenvalue weighted by Crippen LogP contribution is -1.95. The molecule has 0 aliphatic rings. The molecule has 1 N–H and O–H groups in total. The summed E-state index contributed by atoms with van der Waals surface area (Å²) in [6, 6.07) is 23.2. The van der Waals surface area contributed by atoms with E-state index in [0.717, 1.165) is 17.1 Å². The van der Waals surface area contributed by atoms with Gasteiger partial charge in [0.1, 0.15) is 17.3 Å². The van der Waals surface area contributed by atoms with Gasteiger partial charge in [-0.05, 0) is 36.4 Å². The fraction of sp³-hybridized carbons (Fsp3) is 0. The molecule has 26 heavy (non-hydrogen) atoms. The smallest absolute Gasteiger partial charge is 0.246 e. The van der Waals surface area contributed by atoms with Gasteiger partial charge >= 0.3 is 0 Å². The molecule has 0 atom stereocenters. The summed E-state index contributed by atoms with van der Waals surface area (Å²) < 4.78 is 5.95. The Kier molecular flexibility index (Phi) is 4.52. The van der Waals surface area contributed by atoms with Crippen LogP contribution in [0.2, 0.25) is 0 Å². The van der Waals surface area contributed by atoms with Gasteiger partial charge < -0.3 is 10.1 Å². The highest BCUT2D eigenvalue weighted by atomic mass is 16.5. The lowest BCUT2D eigenvalue weighted by molar-refractivity contribution is 0.462. The normalized spacial score (nSPS) is 10.3. The zero-order valence-electron chi connectivity index (χ0n) is 13.9. The number of nitrogens with one attached hydrogen (secondary N) is 1. The molecule has 0 saturated heterocycles. The Morgan fingerprint density at radius 1 is 0.654 bits per heavy atom. The molecule has 2 aromatic heterocycles. The zero-order valence-corrected chi connectivity index (χ0v) is 13.9. The zero-order chi connectivity index (χ0) is 17.6. The van der Waals surface area contributed by atoms with Crippen LogP contribution in [0, 0.1) is 0 Å². The van der Waals surface area contributed by atoms with Gasteiger partial charge in [-0.3, -0.25) is 0 Å². The molecule has 0 aliphatic heterocycles. The lowest BCUT2D eigenvalue weighted by Gasteiger charge is -2.10. The van der Waals surface area contributed by atoms with Crippen LogP contribution in [0.25, 0.3) is 11.3 Å². The van der Waals surface area contributed by atoms with Gasteiger partial charge in [-0.25, -0.2) is 15.0 Å². The predicted octanol–water partition coefficient (Wildman–Crippen LogP) is 5.07. The fourth-order valence-corrected chi connectivity index (χ4v) is 2.50. The van der Waals surface area contributed by atoms with Crippen molar-refractivity contribution in [2.45, 2.75) is 0 Å². The van der Waals surface area contributed by atoms with Crippen LogP contribution in [-0.2, 0) is 0 Å². The van der Waals surface area contributed by atoms with Crippen LogP contribution < -0.4 is 10.1 Å². The summed E-state index contributed by atoms with van der Waals surface area (Å²) in [6.07, 6.45) is 5.03. The van der Waals surface area contributed by atoms with Crippen molar-refractivity contribution in [1.82, 2.24) is 15.0 Å². The Morgan fingerprint density at radius 2 is 1.42 bits per heavy atom. The quantitative estimate of drug-likeness (QED) is 0.549. The molecule has 0 radical (unpaired) electrons. The van der Waals surface area contributed by atoms with E-state index in [1.165, 1.54) is 0 Å². The number of nitrogens with zero attached hydrogens (tertiary/aromatic N) is 3. The SMILES string of the molecule is c1ccc(-c2nccnc2Oc2ccc(Nc3ccccn3)cc2)cc1. The molecule has 0 spiro atoms. The first-order chi connectivity index (χ1) is 12.9. The van der Waals surface area contributed by atoms with Gasteiger partial charge in [-0.1, -0.05) is 36.4 Å². The van der Waals surface area contributed by atoms with Crippen LogP contribution in [0.3, 0.4) is 0 Å². The van der Waals surface area contributed by atoms with Crippen molar-refractivity contribution in [3.05, 3.63) is 91.4 Å². The Bertz CT molecular complexity index is 974. The second-order valence-electron chi connectivity index (χ2n) is 5.54. The lowest BCUT2D eigenvalue weighted by atomic mass is 10.1. The molecule has 4 rings (SSSR count). The topological polar surface area (TPSA) is 59.9 Å². The molecule has 0 amide bonds. The maximum Gasteiger partial charge on any atom is 0.246 e. The van der Waals surface area contributed by atoms with E-state index in [9.17, 15) is 0 Å². The summed E-state index contributed by atoms with van der Waals surface area (Å²) in [7, 11) is 0. The maximum absolute atomic E-state index is 5.95. The predicted molar refractivity (Wildman–Crippen MR) is 102 cm³/mol. The first-order valence-electron chi connectivity index (χ1n) is 8.21. The van der Waals surface area contributed by atoms with Crippen molar-refractivity contribution in [3.63, 3.8) is 0 Å². The number of hydrogen-bond donors (Lipinski definition) is 1. The highest BCUT2D eigenvalue weighted by molar-refractivity contribution is 5.64. The van der Waals surface area contributed by atoms with Crippen LogP contribution in [0.1, 0.15) is 0 Å². The number of benzene rings is 2. The molecular formula is C21H16N4O. The number of ether oxygens (including phenoxy) is 1. The van der Waals surface area contributed by atoms with E-state index in [2.05, 4.69) is 20.3 Å². The highest BCUT2D eigenvalue weighted by Crippen LogP contribution is 2.30. The highest BCUT2D eigenvalue weighted by Gasteiger charge is 2.10. The molecule has 0 unspecified atom stereocenters. The largest absolute Gasteiger partial charge is 0.437 e. The van der Waals surface area contributed by atoms with Crippen molar-refractivity contribution in [2.24, 2.45) is 0 Å². The summed E-state index contributed by atoms with van der Waals surface area (Å²) in [5, 5.41) is 3.24. The van der Waals surface area contributed by atoms with Gasteiger partial charge in [0.15, 0.2) is 0 Å². The summed E-state index contributed by atoms with van der Waals surface area (Å²) in [6.45, 7) is 0. The van der Waals surface area contributed by atoms with Crippen molar-refractivity contribution < 1.29 is 4.74 Å².